The molecule has 2 heteroatoms. The molecule has 0 N–H and O–H groups in total. The van der Waals surface area contributed by atoms with Crippen molar-refractivity contribution in [1.29, 1.82) is 0 Å². The fourth-order valence-electron chi connectivity index (χ4n) is 1.99. The maximum Gasteiger partial charge on any atom is 0.0702 e. The molecular formula is C14H31NO. The van der Waals surface area contributed by atoms with Crippen LogP contribution in [0, 0.1) is 5.92 Å². The second-order valence-electron chi connectivity index (χ2n) is 4.76. The van der Waals surface area contributed by atoms with Crippen molar-refractivity contribution in [3.8, 4) is 0 Å². The average Bonchev–Trinajstić information content (AvgIpc) is 2.30. The van der Waals surface area contributed by atoms with Gasteiger partial charge >= 0.3 is 0 Å². The molecule has 98 valence electrons. The summed E-state index contributed by atoms with van der Waals surface area (Å²) in [6, 6.07) is 0. The van der Waals surface area contributed by atoms with Crippen LogP contribution >= 0.6 is 0 Å². The molecule has 1 saturated heterocycles. The summed E-state index contributed by atoms with van der Waals surface area (Å²) >= 11 is 0. The Balaban J connectivity index is 0.00000106. The molecule has 1 aliphatic heterocycles. The largest absolute Gasteiger partial charge is 0.376 e. The Morgan fingerprint density at radius 1 is 1.31 bits per heavy atom. The Labute approximate surface area is 102 Å². The van der Waals surface area contributed by atoms with E-state index in [2.05, 4.69) is 25.7 Å². The van der Waals surface area contributed by atoms with Crippen LogP contribution in [0.15, 0.2) is 0 Å². The van der Waals surface area contributed by atoms with Gasteiger partial charge in [-0.3, -0.25) is 4.90 Å². The topological polar surface area (TPSA) is 12.5 Å². The van der Waals surface area contributed by atoms with Crippen LogP contribution in [0.1, 0.15) is 53.9 Å². The maximum absolute atomic E-state index is 5.76. The fourth-order valence-corrected chi connectivity index (χ4v) is 1.99. The van der Waals surface area contributed by atoms with E-state index in [1.807, 2.05) is 13.8 Å². The van der Waals surface area contributed by atoms with E-state index < -0.39 is 0 Å². The quantitative estimate of drug-likeness (QED) is 0.715. The normalized spacial score (nSPS) is 21.8. The first-order valence-electron chi connectivity index (χ1n) is 7.06. The van der Waals surface area contributed by atoms with Crippen LogP contribution < -0.4 is 0 Å². The van der Waals surface area contributed by atoms with Gasteiger partial charge in [0.2, 0.25) is 0 Å². The lowest BCUT2D eigenvalue weighted by molar-refractivity contribution is -0.0338. The Kier molecular flexibility index (Phi) is 10.0. The molecule has 16 heavy (non-hydrogen) atoms. The summed E-state index contributed by atoms with van der Waals surface area (Å²) in [6.45, 7) is 15.3. The van der Waals surface area contributed by atoms with E-state index >= 15 is 0 Å². The molecule has 1 atom stereocenters. The number of rotatable bonds is 5. The maximum atomic E-state index is 5.76. The summed E-state index contributed by atoms with van der Waals surface area (Å²) in [6.07, 6.45) is 4.29. The van der Waals surface area contributed by atoms with Crippen molar-refractivity contribution >= 4 is 0 Å². The zero-order valence-electron chi connectivity index (χ0n) is 12.0. The predicted octanol–water partition coefficient (Wildman–Crippen LogP) is 3.56. The molecule has 0 aromatic heterocycles. The first-order valence-corrected chi connectivity index (χ1v) is 7.06. The number of morpholine rings is 1. The molecular weight excluding hydrogens is 198 g/mol. The Bertz CT molecular complexity index is 146. The van der Waals surface area contributed by atoms with Gasteiger partial charge in [-0.15, -0.1) is 0 Å². The lowest BCUT2D eigenvalue weighted by atomic mass is 10.0. The highest BCUT2D eigenvalue weighted by Crippen LogP contribution is 2.14. The molecule has 0 amide bonds. The van der Waals surface area contributed by atoms with Crippen LogP contribution in [0.3, 0.4) is 0 Å². The zero-order valence-corrected chi connectivity index (χ0v) is 12.0. The SMILES string of the molecule is CC.CCCN1CCOC(CCC(C)C)C1. The lowest BCUT2D eigenvalue weighted by Crippen LogP contribution is -2.42. The molecule has 0 aliphatic carbocycles. The zero-order chi connectivity index (χ0) is 12.4. The number of hydrogen-bond acceptors (Lipinski definition) is 2. The average molecular weight is 229 g/mol. The molecule has 0 aromatic carbocycles. The highest BCUT2D eigenvalue weighted by molar-refractivity contribution is 4.71. The molecule has 0 aromatic rings. The minimum absolute atomic E-state index is 0.498. The Morgan fingerprint density at radius 2 is 2.00 bits per heavy atom. The first kappa shape index (κ1) is 15.9. The molecule has 1 aliphatic rings. The Morgan fingerprint density at radius 3 is 2.56 bits per heavy atom. The van der Waals surface area contributed by atoms with Crippen LogP contribution in [0.5, 0.6) is 0 Å². The van der Waals surface area contributed by atoms with E-state index in [0.717, 1.165) is 25.6 Å². The summed E-state index contributed by atoms with van der Waals surface area (Å²) < 4.78 is 5.76. The van der Waals surface area contributed by atoms with Gasteiger partial charge in [-0.05, 0) is 31.7 Å². The standard InChI is InChI=1S/C12H25NO.C2H6/c1-4-7-13-8-9-14-12(10-13)6-5-11(2)3;1-2/h11-12H,4-10H2,1-3H3;1-2H3. The van der Waals surface area contributed by atoms with Gasteiger partial charge < -0.3 is 4.74 Å². The van der Waals surface area contributed by atoms with Crippen molar-refractivity contribution in [1.82, 2.24) is 4.90 Å². The molecule has 0 spiro atoms. The molecule has 0 bridgehead atoms. The van der Waals surface area contributed by atoms with Crippen LogP contribution in [0.2, 0.25) is 0 Å². The molecule has 0 saturated carbocycles. The van der Waals surface area contributed by atoms with Gasteiger partial charge in [-0.25, -0.2) is 0 Å². The van der Waals surface area contributed by atoms with E-state index in [-0.39, 0.29) is 0 Å². The van der Waals surface area contributed by atoms with Gasteiger partial charge in [-0.1, -0.05) is 34.6 Å². The molecule has 0 radical (unpaired) electrons. The van der Waals surface area contributed by atoms with Crippen LogP contribution in [0.4, 0.5) is 0 Å². The molecule has 1 heterocycles. The second kappa shape index (κ2) is 10.1. The smallest absolute Gasteiger partial charge is 0.0702 e. The number of ether oxygens (including phenoxy) is 1. The van der Waals surface area contributed by atoms with Crippen LogP contribution in [0.25, 0.3) is 0 Å². The monoisotopic (exact) mass is 229 g/mol. The minimum atomic E-state index is 0.498. The lowest BCUT2D eigenvalue weighted by Gasteiger charge is -2.33. The van der Waals surface area contributed by atoms with Crippen LogP contribution in [-0.4, -0.2) is 37.2 Å². The third kappa shape index (κ3) is 7.24. The summed E-state index contributed by atoms with van der Waals surface area (Å²) in [4.78, 5) is 2.54. The minimum Gasteiger partial charge on any atom is -0.376 e. The highest BCUT2D eigenvalue weighted by Gasteiger charge is 2.19. The number of hydrogen-bond donors (Lipinski definition) is 0. The molecule has 2 nitrogen and oxygen atoms in total. The first-order chi connectivity index (χ1) is 7.72. The third-order valence-electron chi connectivity index (χ3n) is 2.83. The summed E-state index contributed by atoms with van der Waals surface area (Å²) in [5.74, 6) is 0.806. The van der Waals surface area contributed by atoms with E-state index in [1.54, 1.807) is 0 Å². The van der Waals surface area contributed by atoms with E-state index in [1.165, 1.54) is 25.8 Å². The van der Waals surface area contributed by atoms with Gasteiger partial charge in [0.15, 0.2) is 0 Å². The van der Waals surface area contributed by atoms with Gasteiger partial charge in [0.25, 0.3) is 0 Å². The van der Waals surface area contributed by atoms with Crippen molar-refractivity contribution in [2.24, 2.45) is 5.92 Å². The van der Waals surface area contributed by atoms with Crippen molar-refractivity contribution in [3.63, 3.8) is 0 Å². The second-order valence-corrected chi connectivity index (χ2v) is 4.76. The fraction of sp³-hybridized carbons (Fsp3) is 1.00. The third-order valence-corrected chi connectivity index (χ3v) is 2.83. The van der Waals surface area contributed by atoms with Gasteiger partial charge in [0.05, 0.1) is 12.7 Å². The molecule has 1 unspecified atom stereocenters. The Hall–Kier alpha value is -0.0800. The van der Waals surface area contributed by atoms with Crippen molar-refractivity contribution < 1.29 is 4.74 Å². The molecule has 1 rings (SSSR count). The van der Waals surface area contributed by atoms with Crippen molar-refractivity contribution in [2.75, 3.05) is 26.2 Å². The summed E-state index contributed by atoms with van der Waals surface area (Å²) in [7, 11) is 0. The predicted molar refractivity (Wildman–Crippen MR) is 71.9 cm³/mol. The number of nitrogens with zero attached hydrogens (tertiary/aromatic N) is 1. The van der Waals surface area contributed by atoms with Crippen molar-refractivity contribution in [3.05, 3.63) is 0 Å². The van der Waals surface area contributed by atoms with E-state index in [0.29, 0.717) is 6.10 Å². The van der Waals surface area contributed by atoms with Crippen molar-refractivity contribution in [2.45, 2.75) is 60.0 Å². The van der Waals surface area contributed by atoms with Gasteiger partial charge in [-0.2, -0.15) is 0 Å². The molecule has 1 fully saturated rings. The van der Waals surface area contributed by atoms with Gasteiger partial charge in [0, 0.05) is 13.1 Å². The summed E-state index contributed by atoms with van der Waals surface area (Å²) in [5, 5.41) is 0. The van der Waals surface area contributed by atoms with Gasteiger partial charge in [0.1, 0.15) is 0 Å². The highest BCUT2D eigenvalue weighted by atomic mass is 16.5. The van der Waals surface area contributed by atoms with Crippen LogP contribution in [-0.2, 0) is 4.74 Å². The van der Waals surface area contributed by atoms with E-state index in [9.17, 15) is 0 Å². The summed E-state index contributed by atoms with van der Waals surface area (Å²) in [5.41, 5.74) is 0. The van der Waals surface area contributed by atoms with E-state index in [4.69, 9.17) is 4.74 Å².